The fourth-order valence-corrected chi connectivity index (χ4v) is 1.91. The zero-order chi connectivity index (χ0) is 14.4. The summed E-state index contributed by atoms with van der Waals surface area (Å²) >= 11 is 0. The van der Waals surface area contributed by atoms with E-state index in [2.05, 4.69) is 23.9 Å². The molecule has 19 heavy (non-hydrogen) atoms. The Morgan fingerprint density at radius 1 is 1.53 bits per heavy atom. The van der Waals surface area contributed by atoms with E-state index in [9.17, 15) is 9.18 Å². The molecule has 1 aromatic carbocycles. The van der Waals surface area contributed by atoms with Crippen molar-refractivity contribution in [2.45, 2.75) is 26.7 Å². The maximum Gasteiger partial charge on any atom is 0.340 e. The molecule has 1 atom stereocenters. The molecule has 0 aromatic heterocycles. The molecular formula is C14H21FN2O2. The van der Waals surface area contributed by atoms with Gasteiger partial charge in [0.1, 0.15) is 0 Å². The highest BCUT2D eigenvalue weighted by atomic mass is 19.1. The lowest BCUT2D eigenvalue weighted by molar-refractivity contribution is 0.0595. The largest absolute Gasteiger partial charge is 0.465 e. The molecule has 1 aromatic rings. The van der Waals surface area contributed by atoms with Crippen molar-refractivity contribution in [1.82, 2.24) is 0 Å². The summed E-state index contributed by atoms with van der Waals surface area (Å²) in [4.78, 5) is 11.4. The van der Waals surface area contributed by atoms with Crippen LogP contribution in [-0.4, -0.2) is 19.6 Å². The lowest BCUT2D eigenvalue weighted by Gasteiger charge is -2.16. The van der Waals surface area contributed by atoms with Gasteiger partial charge in [0.05, 0.1) is 24.0 Å². The van der Waals surface area contributed by atoms with E-state index in [1.807, 2.05) is 0 Å². The van der Waals surface area contributed by atoms with Crippen LogP contribution in [0.25, 0.3) is 0 Å². The molecule has 0 aliphatic rings. The molecule has 106 valence electrons. The van der Waals surface area contributed by atoms with Crippen LogP contribution in [0.2, 0.25) is 0 Å². The van der Waals surface area contributed by atoms with Crippen LogP contribution >= 0.6 is 0 Å². The van der Waals surface area contributed by atoms with Gasteiger partial charge in [0, 0.05) is 6.54 Å². The molecule has 0 aliphatic heterocycles. The van der Waals surface area contributed by atoms with Gasteiger partial charge in [-0.3, -0.25) is 0 Å². The first-order valence-electron chi connectivity index (χ1n) is 6.41. The SMILES string of the molecule is CCCC(C)CNc1c(N)ccc(C(=O)OC)c1F. The third-order valence-electron chi connectivity index (χ3n) is 2.99. The van der Waals surface area contributed by atoms with Crippen molar-refractivity contribution in [3.63, 3.8) is 0 Å². The van der Waals surface area contributed by atoms with E-state index in [0.29, 0.717) is 12.5 Å². The van der Waals surface area contributed by atoms with E-state index in [1.54, 1.807) is 0 Å². The summed E-state index contributed by atoms with van der Waals surface area (Å²) in [5, 5.41) is 2.98. The predicted octanol–water partition coefficient (Wildman–Crippen LogP) is 3.04. The Kier molecular flexibility index (Phi) is 5.60. The van der Waals surface area contributed by atoms with Gasteiger partial charge in [-0.15, -0.1) is 0 Å². The number of nitrogen functional groups attached to an aromatic ring is 1. The molecule has 1 unspecified atom stereocenters. The van der Waals surface area contributed by atoms with Crippen molar-refractivity contribution >= 4 is 17.3 Å². The maximum absolute atomic E-state index is 14.2. The van der Waals surface area contributed by atoms with Crippen molar-refractivity contribution in [2.24, 2.45) is 5.92 Å². The number of rotatable bonds is 6. The van der Waals surface area contributed by atoms with Crippen LogP contribution in [0.3, 0.4) is 0 Å². The van der Waals surface area contributed by atoms with Crippen molar-refractivity contribution in [3.8, 4) is 0 Å². The van der Waals surface area contributed by atoms with Crippen molar-refractivity contribution in [3.05, 3.63) is 23.5 Å². The molecule has 3 N–H and O–H groups in total. The third-order valence-corrected chi connectivity index (χ3v) is 2.99. The zero-order valence-corrected chi connectivity index (χ0v) is 11.6. The van der Waals surface area contributed by atoms with E-state index in [0.717, 1.165) is 12.8 Å². The summed E-state index contributed by atoms with van der Waals surface area (Å²) in [6.07, 6.45) is 2.12. The van der Waals surface area contributed by atoms with E-state index in [1.165, 1.54) is 19.2 Å². The Hall–Kier alpha value is -1.78. The average Bonchev–Trinajstić information content (AvgIpc) is 2.38. The van der Waals surface area contributed by atoms with Gasteiger partial charge in [0.2, 0.25) is 0 Å². The highest BCUT2D eigenvalue weighted by molar-refractivity contribution is 5.92. The monoisotopic (exact) mass is 268 g/mol. The molecule has 1 rings (SSSR count). The minimum atomic E-state index is -0.706. The summed E-state index contributed by atoms with van der Waals surface area (Å²) in [6.45, 7) is 4.79. The number of halogens is 1. The number of nitrogens with one attached hydrogen (secondary N) is 1. The van der Waals surface area contributed by atoms with Crippen molar-refractivity contribution in [2.75, 3.05) is 24.7 Å². The Morgan fingerprint density at radius 3 is 2.79 bits per heavy atom. The number of nitrogens with two attached hydrogens (primary N) is 1. The first-order valence-corrected chi connectivity index (χ1v) is 6.41. The van der Waals surface area contributed by atoms with Crippen LogP contribution in [0.5, 0.6) is 0 Å². The minimum Gasteiger partial charge on any atom is -0.465 e. The first kappa shape index (κ1) is 15.3. The average molecular weight is 268 g/mol. The Balaban J connectivity index is 2.90. The zero-order valence-electron chi connectivity index (χ0n) is 11.6. The normalized spacial score (nSPS) is 12.0. The first-order chi connectivity index (χ1) is 9.01. The minimum absolute atomic E-state index is 0.109. The fourth-order valence-electron chi connectivity index (χ4n) is 1.91. The third kappa shape index (κ3) is 3.84. The van der Waals surface area contributed by atoms with Gasteiger partial charge in [-0.25, -0.2) is 9.18 Å². The highest BCUT2D eigenvalue weighted by Crippen LogP contribution is 2.26. The number of hydrogen-bond donors (Lipinski definition) is 2. The summed E-state index contributed by atoms with van der Waals surface area (Å²) in [5.74, 6) is -0.955. The standard InChI is InChI=1S/C14H21FN2O2/c1-4-5-9(2)8-17-13-11(16)7-6-10(12(13)15)14(18)19-3/h6-7,9,17H,4-5,8,16H2,1-3H3. The van der Waals surface area contributed by atoms with Gasteiger partial charge in [-0.2, -0.15) is 0 Å². The molecule has 5 heteroatoms. The van der Waals surface area contributed by atoms with Gasteiger partial charge in [0.25, 0.3) is 0 Å². The van der Waals surface area contributed by atoms with Gasteiger partial charge in [0.15, 0.2) is 5.82 Å². The van der Waals surface area contributed by atoms with Crippen LogP contribution in [0.1, 0.15) is 37.0 Å². The molecule has 0 spiro atoms. The van der Waals surface area contributed by atoms with Crippen molar-refractivity contribution in [1.29, 1.82) is 0 Å². The van der Waals surface area contributed by atoms with Crippen LogP contribution in [-0.2, 0) is 4.74 Å². The number of methoxy groups -OCH3 is 1. The molecule has 0 bridgehead atoms. The molecular weight excluding hydrogens is 247 g/mol. The number of carbonyl (C=O) groups excluding carboxylic acids is 1. The van der Waals surface area contributed by atoms with Crippen LogP contribution in [0.15, 0.2) is 12.1 Å². The molecule has 0 fully saturated rings. The number of benzene rings is 1. The highest BCUT2D eigenvalue weighted by Gasteiger charge is 2.18. The second-order valence-corrected chi connectivity index (χ2v) is 4.66. The number of hydrogen-bond acceptors (Lipinski definition) is 4. The van der Waals surface area contributed by atoms with Gasteiger partial charge in [-0.1, -0.05) is 20.3 Å². The van der Waals surface area contributed by atoms with E-state index >= 15 is 0 Å². The van der Waals surface area contributed by atoms with Gasteiger partial charge >= 0.3 is 5.97 Å². The molecule has 0 saturated heterocycles. The van der Waals surface area contributed by atoms with Crippen LogP contribution < -0.4 is 11.1 Å². The maximum atomic E-state index is 14.2. The topological polar surface area (TPSA) is 64.3 Å². The summed E-state index contributed by atoms with van der Waals surface area (Å²) in [6, 6.07) is 2.83. The molecule has 0 saturated carbocycles. The molecule has 0 radical (unpaired) electrons. The Morgan fingerprint density at radius 2 is 2.21 bits per heavy atom. The number of ether oxygens (including phenoxy) is 1. The van der Waals surface area contributed by atoms with Gasteiger partial charge in [-0.05, 0) is 24.5 Å². The van der Waals surface area contributed by atoms with E-state index < -0.39 is 11.8 Å². The second kappa shape index (κ2) is 6.97. The predicted molar refractivity (Wildman–Crippen MR) is 74.7 cm³/mol. The molecule has 0 aliphatic carbocycles. The lowest BCUT2D eigenvalue weighted by Crippen LogP contribution is -2.15. The second-order valence-electron chi connectivity index (χ2n) is 4.66. The quantitative estimate of drug-likeness (QED) is 0.615. The molecule has 0 heterocycles. The number of carbonyl (C=O) groups is 1. The summed E-state index contributed by atoms with van der Waals surface area (Å²) in [7, 11) is 1.22. The molecule has 4 nitrogen and oxygen atoms in total. The van der Waals surface area contributed by atoms with E-state index in [-0.39, 0.29) is 16.9 Å². The number of esters is 1. The van der Waals surface area contributed by atoms with Gasteiger partial charge < -0.3 is 15.8 Å². The molecule has 0 amide bonds. The van der Waals surface area contributed by atoms with Crippen LogP contribution in [0.4, 0.5) is 15.8 Å². The fraction of sp³-hybridized carbons (Fsp3) is 0.500. The smallest absolute Gasteiger partial charge is 0.340 e. The Bertz CT molecular complexity index is 449. The summed E-state index contributed by atoms with van der Waals surface area (Å²) in [5.41, 5.74) is 6.09. The Labute approximate surface area is 113 Å². The van der Waals surface area contributed by atoms with Crippen molar-refractivity contribution < 1.29 is 13.9 Å². The lowest BCUT2D eigenvalue weighted by atomic mass is 10.1. The number of anilines is 2. The summed E-state index contributed by atoms with van der Waals surface area (Å²) < 4.78 is 18.7. The van der Waals surface area contributed by atoms with E-state index in [4.69, 9.17) is 5.73 Å². The van der Waals surface area contributed by atoms with Crippen LogP contribution in [0, 0.1) is 11.7 Å².